The Balaban J connectivity index is 2.10. The molecule has 5 heteroatoms. The average Bonchev–Trinajstić information content (AvgIpc) is 2.48. The molecule has 0 unspecified atom stereocenters. The second-order valence-corrected chi connectivity index (χ2v) is 4.07. The van der Waals surface area contributed by atoms with Crippen LogP contribution in [0.5, 0.6) is 0 Å². The van der Waals surface area contributed by atoms with Crippen LogP contribution in [-0.2, 0) is 20.9 Å². The van der Waals surface area contributed by atoms with Gasteiger partial charge in [-0.15, -0.1) is 6.58 Å². The van der Waals surface area contributed by atoms with Crippen LogP contribution >= 0.6 is 0 Å². The first kappa shape index (κ1) is 15.8. The van der Waals surface area contributed by atoms with Gasteiger partial charge in [0.15, 0.2) is 0 Å². The Kier molecular flexibility index (Phi) is 7.57. The number of esters is 1. The van der Waals surface area contributed by atoms with Gasteiger partial charge >= 0.3 is 12.1 Å². The number of ether oxygens (including phenoxy) is 2. The van der Waals surface area contributed by atoms with Crippen LogP contribution in [0.15, 0.2) is 43.0 Å². The van der Waals surface area contributed by atoms with Crippen LogP contribution in [0.3, 0.4) is 0 Å². The molecule has 0 atom stereocenters. The Labute approximate surface area is 118 Å². The molecular formula is C15H19NO4. The largest absolute Gasteiger partial charge is 0.464 e. The first-order chi connectivity index (χ1) is 9.72. The van der Waals surface area contributed by atoms with Crippen molar-refractivity contribution >= 4 is 12.1 Å². The smallest absolute Gasteiger partial charge is 0.407 e. The van der Waals surface area contributed by atoms with Gasteiger partial charge in [-0.1, -0.05) is 36.4 Å². The van der Waals surface area contributed by atoms with Crippen molar-refractivity contribution in [1.29, 1.82) is 0 Å². The van der Waals surface area contributed by atoms with Crippen molar-refractivity contribution in [1.82, 2.24) is 5.32 Å². The fraction of sp³-hybridized carbons (Fsp3) is 0.333. The SMILES string of the molecule is C=CCCCOC(=O)CNC(=O)OCc1ccccc1. The summed E-state index contributed by atoms with van der Waals surface area (Å²) < 4.78 is 9.85. The minimum absolute atomic E-state index is 0.168. The summed E-state index contributed by atoms with van der Waals surface area (Å²) >= 11 is 0. The molecule has 1 aromatic carbocycles. The Hall–Kier alpha value is -2.30. The third-order valence-corrected chi connectivity index (χ3v) is 2.41. The van der Waals surface area contributed by atoms with Crippen LogP contribution in [0.25, 0.3) is 0 Å². The highest BCUT2D eigenvalue weighted by Gasteiger charge is 2.07. The number of benzene rings is 1. The molecule has 1 rings (SSSR count). The van der Waals surface area contributed by atoms with Gasteiger partial charge in [0.05, 0.1) is 6.61 Å². The summed E-state index contributed by atoms with van der Waals surface area (Å²) in [6, 6.07) is 9.29. The molecule has 0 aromatic heterocycles. The van der Waals surface area contributed by atoms with E-state index < -0.39 is 12.1 Å². The predicted octanol–water partition coefficient (Wildman–Crippen LogP) is 2.42. The van der Waals surface area contributed by atoms with Crippen molar-refractivity contribution in [2.45, 2.75) is 19.4 Å². The van der Waals surface area contributed by atoms with E-state index in [1.165, 1.54) is 0 Å². The molecule has 0 aliphatic carbocycles. The summed E-state index contributed by atoms with van der Waals surface area (Å²) in [5.41, 5.74) is 0.884. The molecule has 0 fully saturated rings. The third kappa shape index (κ3) is 7.20. The second kappa shape index (κ2) is 9.61. The molecule has 0 radical (unpaired) electrons. The van der Waals surface area contributed by atoms with Crippen molar-refractivity contribution < 1.29 is 19.1 Å². The van der Waals surface area contributed by atoms with Gasteiger partial charge in [-0.2, -0.15) is 0 Å². The van der Waals surface area contributed by atoms with Crippen LogP contribution in [-0.4, -0.2) is 25.2 Å². The van der Waals surface area contributed by atoms with Gasteiger partial charge in [-0.3, -0.25) is 4.79 Å². The van der Waals surface area contributed by atoms with E-state index in [1.54, 1.807) is 6.08 Å². The van der Waals surface area contributed by atoms with Gasteiger partial charge in [-0.25, -0.2) is 4.79 Å². The van der Waals surface area contributed by atoms with Crippen LogP contribution in [0, 0.1) is 0 Å². The highest BCUT2D eigenvalue weighted by atomic mass is 16.6. The van der Waals surface area contributed by atoms with Crippen molar-refractivity contribution in [3.05, 3.63) is 48.6 Å². The number of hydrogen-bond donors (Lipinski definition) is 1. The molecule has 1 N–H and O–H groups in total. The molecular weight excluding hydrogens is 258 g/mol. The molecule has 1 amide bonds. The zero-order chi connectivity index (χ0) is 14.6. The number of alkyl carbamates (subject to hydrolysis) is 1. The van der Waals surface area contributed by atoms with E-state index in [1.807, 2.05) is 30.3 Å². The van der Waals surface area contributed by atoms with Crippen molar-refractivity contribution in [3.63, 3.8) is 0 Å². The van der Waals surface area contributed by atoms with E-state index >= 15 is 0 Å². The lowest BCUT2D eigenvalue weighted by molar-refractivity contribution is -0.142. The maximum absolute atomic E-state index is 11.3. The molecule has 20 heavy (non-hydrogen) atoms. The Bertz CT molecular complexity index is 431. The maximum atomic E-state index is 11.3. The molecule has 0 bridgehead atoms. The third-order valence-electron chi connectivity index (χ3n) is 2.41. The van der Waals surface area contributed by atoms with E-state index in [0.29, 0.717) is 6.61 Å². The van der Waals surface area contributed by atoms with Gasteiger partial charge in [0.2, 0.25) is 0 Å². The Morgan fingerprint density at radius 2 is 1.95 bits per heavy atom. The molecule has 108 valence electrons. The zero-order valence-electron chi connectivity index (χ0n) is 11.3. The highest BCUT2D eigenvalue weighted by molar-refractivity contribution is 5.77. The van der Waals surface area contributed by atoms with Crippen LogP contribution < -0.4 is 5.32 Å². The van der Waals surface area contributed by atoms with E-state index in [0.717, 1.165) is 18.4 Å². The Morgan fingerprint density at radius 1 is 1.20 bits per heavy atom. The molecule has 0 aliphatic heterocycles. The average molecular weight is 277 g/mol. The van der Waals surface area contributed by atoms with Gasteiger partial charge in [0.1, 0.15) is 13.2 Å². The lowest BCUT2D eigenvalue weighted by atomic mass is 10.2. The molecule has 0 spiro atoms. The molecule has 0 aliphatic rings. The quantitative estimate of drug-likeness (QED) is 0.450. The summed E-state index contributed by atoms with van der Waals surface area (Å²) in [5.74, 6) is -0.481. The highest BCUT2D eigenvalue weighted by Crippen LogP contribution is 2.00. The first-order valence-electron chi connectivity index (χ1n) is 6.43. The van der Waals surface area contributed by atoms with Gasteiger partial charge in [0.25, 0.3) is 0 Å². The molecule has 0 saturated carbocycles. The zero-order valence-corrected chi connectivity index (χ0v) is 11.3. The van der Waals surface area contributed by atoms with E-state index in [9.17, 15) is 9.59 Å². The summed E-state index contributed by atoms with van der Waals surface area (Å²) in [6.45, 7) is 3.87. The van der Waals surface area contributed by atoms with Gasteiger partial charge in [-0.05, 0) is 18.4 Å². The standard InChI is InChI=1S/C15H19NO4/c1-2-3-7-10-19-14(17)11-16-15(18)20-12-13-8-5-4-6-9-13/h2,4-6,8-9H,1,3,7,10-12H2,(H,16,18). The Morgan fingerprint density at radius 3 is 2.65 bits per heavy atom. The first-order valence-corrected chi connectivity index (χ1v) is 6.43. The topological polar surface area (TPSA) is 64.6 Å². The lowest BCUT2D eigenvalue weighted by Gasteiger charge is -2.07. The monoisotopic (exact) mass is 277 g/mol. The normalized spacial score (nSPS) is 9.60. The van der Waals surface area contributed by atoms with Crippen LogP contribution in [0.4, 0.5) is 4.79 Å². The number of unbranched alkanes of at least 4 members (excludes halogenated alkanes) is 1. The summed E-state index contributed by atoms with van der Waals surface area (Å²) in [6.07, 6.45) is 2.64. The summed E-state index contributed by atoms with van der Waals surface area (Å²) in [7, 11) is 0. The van der Waals surface area contributed by atoms with E-state index in [2.05, 4.69) is 11.9 Å². The minimum Gasteiger partial charge on any atom is -0.464 e. The lowest BCUT2D eigenvalue weighted by Crippen LogP contribution is -2.31. The molecule has 1 aromatic rings. The number of carbonyl (C=O) groups is 2. The van der Waals surface area contributed by atoms with Crippen molar-refractivity contribution in [2.24, 2.45) is 0 Å². The number of rotatable bonds is 8. The molecule has 5 nitrogen and oxygen atoms in total. The fourth-order valence-corrected chi connectivity index (χ4v) is 1.38. The number of hydrogen-bond acceptors (Lipinski definition) is 4. The summed E-state index contributed by atoms with van der Waals surface area (Å²) in [4.78, 5) is 22.6. The molecule has 0 heterocycles. The predicted molar refractivity (Wildman–Crippen MR) is 75.0 cm³/mol. The minimum atomic E-state index is -0.642. The second-order valence-electron chi connectivity index (χ2n) is 4.07. The number of carbonyl (C=O) groups excluding carboxylic acids is 2. The van der Waals surface area contributed by atoms with E-state index in [4.69, 9.17) is 9.47 Å². The van der Waals surface area contributed by atoms with E-state index in [-0.39, 0.29) is 13.2 Å². The maximum Gasteiger partial charge on any atom is 0.407 e. The number of amides is 1. The van der Waals surface area contributed by atoms with Crippen LogP contribution in [0.2, 0.25) is 0 Å². The summed E-state index contributed by atoms with van der Waals surface area (Å²) in [5, 5.41) is 2.34. The molecule has 0 saturated heterocycles. The number of allylic oxidation sites excluding steroid dienone is 1. The van der Waals surface area contributed by atoms with Gasteiger partial charge < -0.3 is 14.8 Å². The van der Waals surface area contributed by atoms with Gasteiger partial charge in [0, 0.05) is 0 Å². The fourth-order valence-electron chi connectivity index (χ4n) is 1.38. The van der Waals surface area contributed by atoms with Crippen LogP contribution in [0.1, 0.15) is 18.4 Å². The van der Waals surface area contributed by atoms with Crippen molar-refractivity contribution in [2.75, 3.05) is 13.2 Å². The van der Waals surface area contributed by atoms with Crippen molar-refractivity contribution in [3.8, 4) is 0 Å². The number of nitrogens with one attached hydrogen (secondary N) is 1.